The van der Waals surface area contributed by atoms with Crippen LogP contribution >= 0.6 is 34.7 Å². The first-order chi connectivity index (χ1) is 17.1. The van der Waals surface area contributed by atoms with Gasteiger partial charge in [-0.1, -0.05) is 48.0 Å². The SMILES string of the molecule is COc1ccccc1C1CCN(C(=O)OCCSCCNC(=O)c2sc3ccccc3c2Cl)CC1. The van der Waals surface area contributed by atoms with Crippen molar-refractivity contribution in [3.63, 3.8) is 0 Å². The van der Waals surface area contributed by atoms with E-state index in [9.17, 15) is 9.59 Å². The molecule has 4 rings (SSSR count). The van der Waals surface area contributed by atoms with E-state index in [0.717, 1.165) is 34.4 Å². The van der Waals surface area contributed by atoms with Gasteiger partial charge < -0.3 is 19.7 Å². The van der Waals surface area contributed by atoms with Crippen LogP contribution < -0.4 is 10.1 Å². The molecule has 186 valence electrons. The Morgan fingerprint density at radius 1 is 1.11 bits per heavy atom. The number of thioether (sulfide) groups is 1. The fourth-order valence-electron chi connectivity index (χ4n) is 4.24. The number of hydrogen-bond acceptors (Lipinski definition) is 6. The molecule has 0 saturated carbocycles. The number of amides is 2. The summed E-state index contributed by atoms with van der Waals surface area (Å²) in [5.41, 5.74) is 1.21. The Labute approximate surface area is 218 Å². The number of hydrogen-bond donors (Lipinski definition) is 1. The Bertz CT molecular complexity index is 1160. The van der Waals surface area contributed by atoms with Crippen LogP contribution in [0.2, 0.25) is 5.02 Å². The number of likely N-dealkylation sites (tertiary alicyclic amines) is 1. The van der Waals surface area contributed by atoms with Gasteiger partial charge in [0.2, 0.25) is 0 Å². The summed E-state index contributed by atoms with van der Waals surface area (Å²) < 4.78 is 11.9. The molecule has 3 aromatic rings. The van der Waals surface area contributed by atoms with Crippen molar-refractivity contribution in [2.24, 2.45) is 0 Å². The van der Waals surface area contributed by atoms with Gasteiger partial charge in [-0.15, -0.1) is 11.3 Å². The fourth-order valence-corrected chi connectivity index (χ4v) is 6.32. The Kier molecular flexibility index (Phi) is 9.18. The van der Waals surface area contributed by atoms with Gasteiger partial charge in [-0.3, -0.25) is 4.79 Å². The molecule has 0 atom stereocenters. The monoisotopic (exact) mass is 532 g/mol. The van der Waals surface area contributed by atoms with Gasteiger partial charge in [-0.25, -0.2) is 4.79 Å². The largest absolute Gasteiger partial charge is 0.496 e. The molecule has 1 aliphatic rings. The lowest BCUT2D eigenvalue weighted by Gasteiger charge is -2.32. The number of rotatable bonds is 9. The zero-order valence-corrected chi connectivity index (χ0v) is 22.0. The second-order valence-corrected chi connectivity index (χ2v) is 10.9. The van der Waals surface area contributed by atoms with Crippen LogP contribution in [0.3, 0.4) is 0 Å². The van der Waals surface area contributed by atoms with E-state index in [2.05, 4.69) is 11.4 Å². The second kappa shape index (κ2) is 12.5. The van der Waals surface area contributed by atoms with Gasteiger partial charge >= 0.3 is 6.09 Å². The van der Waals surface area contributed by atoms with Gasteiger partial charge in [0.05, 0.1) is 12.1 Å². The molecule has 6 nitrogen and oxygen atoms in total. The minimum Gasteiger partial charge on any atom is -0.496 e. The molecule has 2 amide bonds. The Balaban J connectivity index is 1.10. The third kappa shape index (κ3) is 6.42. The van der Waals surface area contributed by atoms with Gasteiger partial charge in [0.1, 0.15) is 17.2 Å². The maximum absolute atomic E-state index is 12.5. The van der Waals surface area contributed by atoms with Crippen LogP contribution in [0.4, 0.5) is 4.79 Å². The average molecular weight is 533 g/mol. The van der Waals surface area contributed by atoms with Crippen molar-refractivity contribution in [3.05, 3.63) is 64.0 Å². The summed E-state index contributed by atoms with van der Waals surface area (Å²) in [7, 11) is 1.69. The van der Waals surface area contributed by atoms with E-state index in [1.807, 2.05) is 42.5 Å². The summed E-state index contributed by atoms with van der Waals surface area (Å²) in [5.74, 6) is 2.57. The van der Waals surface area contributed by atoms with Crippen molar-refractivity contribution < 1.29 is 19.1 Å². The van der Waals surface area contributed by atoms with E-state index in [1.54, 1.807) is 23.8 Å². The van der Waals surface area contributed by atoms with E-state index >= 15 is 0 Å². The highest BCUT2D eigenvalue weighted by molar-refractivity contribution is 7.99. The molecule has 0 radical (unpaired) electrons. The predicted molar refractivity (Wildman–Crippen MR) is 144 cm³/mol. The maximum atomic E-state index is 12.5. The molecule has 2 heterocycles. The summed E-state index contributed by atoms with van der Waals surface area (Å²) in [5, 5.41) is 4.34. The number of para-hydroxylation sites is 1. The smallest absolute Gasteiger partial charge is 0.409 e. The third-order valence-corrected chi connectivity index (χ3v) is 8.68. The lowest BCUT2D eigenvalue weighted by Crippen LogP contribution is -2.38. The van der Waals surface area contributed by atoms with E-state index in [-0.39, 0.29) is 12.0 Å². The number of ether oxygens (including phenoxy) is 2. The number of carbonyl (C=O) groups excluding carboxylic acids is 2. The summed E-state index contributed by atoms with van der Waals surface area (Å²) in [6.07, 6.45) is 1.54. The molecular formula is C26H29ClN2O4S2. The van der Waals surface area contributed by atoms with Crippen molar-refractivity contribution in [1.29, 1.82) is 0 Å². The van der Waals surface area contributed by atoms with Crippen LogP contribution in [-0.4, -0.2) is 61.8 Å². The molecule has 0 unspecified atom stereocenters. The van der Waals surface area contributed by atoms with Crippen LogP contribution in [0.25, 0.3) is 10.1 Å². The van der Waals surface area contributed by atoms with Crippen LogP contribution in [0.15, 0.2) is 48.5 Å². The zero-order valence-electron chi connectivity index (χ0n) is 19.6. The number of piperidine rings is 1. The Hall–Kier alpha value is -2.42. The number of fused-ring (bicyclic) bond motifs is 1. The van der Waals surface area contributed by atoms with Crippen molar-refractivity contribution in [2.45, 2.75) is 18.8 Å². The molecule has 0 spiro atoms. The standard InChI is InChI=1S/C26H29ClN2O4S2/c1-32-21-8-4-2-6-19(21)18-10-13-29(14-11-18)26(31)33-15-17-34-16-12-28-25(30)24-23(27)20-7-3-5-9-22(20)35-24/h2-9,18H,10-17H2,1H3,(H,28,30). The number of benzene rings is 2. The van der Waals surface area contributed by atoms with Crippen molar-refractivity contribution in [2.75, 3.05) is 44.9 Å². The second-order valence-electron chi connectivity index (χ2n) is 8.23. The maximum Gasteiger partial charge on any atom is 0.409 e. The molecule has 1 aromatic heterocycles. The first kappa shape index (κ1) is 25.7. The number of thiophene rings is 1. The van der Waals surface area contributed by atoms with Crippen molar-refractivity contribution in [3.8, 4) is 5.75 Å². The van der Waals surface area contributed by atoms with Crippen LogP contribution in [0, 0.1) is 0 Å². The summed E-state index contributed by atoms with van der Waals surface area (Å²) in [4.78, 5) is 27.2. The van der Waals surface area contributed by atoms with Gasteiger partial charge in [-0.05, 0) is 36.5 Å². The fraction of sp³-hybridized carbons (Fsp3) is 0.385. The number of carbonyl (C=O) groups is 2. The molecule has 2 aromatic carbocycles. The molecular weight excluding hydrogens is 504 g/mol. The highest BCUT2D eigenvalue weighted by Crippen LogP contribution is 2.35. The highest BCUT2D eigenvalue weighted by Gasteiger charge is 2.26. The quantitative estimate of drug-likeness (QED) is 0.340. The normalized spacial score (nSPS) is 14.2. The van der Waals surface area contributed by atoms with Gasteiger partial charge in [-0.2, -0.15) is 11.8 Å². The number of halogens is 1. The van der Waals surface area contributed by atoms with Crippen LogP contribution in [0.1, 0.15) is 34.0 Å². The molecule has 1 saturated heterocycles. The lowest BCUT2D eigenvalue weighted by atomic mass is 9.89. The summed E-state index contributed by atoms with van der Waals surface area (Å²) in [6.45, 7) is 2.24. The predicted octanol–water partition coefficient (Wildman–Crippen LogP) is 6.04. The lowest BCUT2D eigenvalue weighted by molar-refractivity contribution is 0.0958. The highest BCUT2D eigenvalue weighted by atomic mass is 35.5. The van der Waals surface area contributed by atoms with Gasteiger partial charge in [0.25, 0.3) is 5.91 Å². The molecule has 1 fully saturated rings. The van der Waals surface area contributed by atoms with Crippen LogP contribution in [-0.2, 0) is 4.74 Å². The average Bonchev–Trinajstić information content (AvgIpc) is 3.24. The van der Waals surface area contributed by atoms with E-state index in [0.29, 0.717) is 47.8 Å². The Morgan fingerprint density at radius 2 is 1.86 bits per heavy atom. The molecule has 0 aliphatic carbocycles. The minimum atomic E-state index is -0.253. The van der Waals surface area contributed by atoms with Crippen molar-refractivity contribution >= 4 is 56.8 Å². The molecule has 35 heavy (non-hydrogen) atoms. The van der Waals surface area contributed by atoms with Crippen molar-refractivity contribution in [1.82, 2.24) is 10.2 Å². The number of methoxy groups -OCH3 is 1. The number of nitrogens with zero attached hydrogens (tertiary/aromatic N) is 1. The molecule has 0 bridgehead atoms. The first-order valence-electron chi connectivity index (χ1n) is 11.7. The van der Waals surface area contributed by atoms with Gasteiger partial charge in [0.15, 0.2) is 0 Å². The Morgan fingerprint density at radius 3 is 2.63 bits per heavy atom. The van der Waals surface area contributed by atoms with E-state index in [1.165, 1.54) is 16.9 Å². The van der Waals surface area contributed by atoms with E-state index < -0.39 is 0 Å². The van der Waals surface area contributed by atoms with E-state index in [4.69, 9.17) is 21.1 Å². The first-order valence-corrected chi connectivity index (χ1v) is 14.0. The van der Waals surface area contributed by atoms with Gasteiger partial charge in [0, 0.05) is 41.2 Å². The van der Waals surface area contributed by atoms with Crippen LogP contribution in [0.5, 0.6) is 5.75 Å². The molecule has 1 N–H and O–H groups in total. The summed E-state index contributed by atoms with van der Waals surface area (Å²) in [6, 6.07) is 15.8. The molecule has 1 aliphatic heterocycles. The summed E-state index contributed by atoms with van der Waals surface area (Å²) >= 11 is 9.40. The minimum absolute atomic E-state index is 0.153. The number of nitrogens with one attached hydrogen (secondary N) is 1. The topological polar surface area (TPSA) is 67.9 Å². The zero-order chi connectivity index (χ0) is 24.6. The molecule has 9 heteroatoms. The third-order valence-electron chi connectivity index (χ3n) is 6.06.